The molecule has 1 atom stereocenters. The third-order valence-electron chi connectivity index (χ3n) is 1.36. The molecule has 46 valence electrons. The molecular weight excluding hydrogens is 102 g/mol. The molecule has 1 rings (SSSR count). The molecule has 1 heterocycles. The summed E-state index contributed by atoms with van der Waals surface area (Å²) in [5.74, 6) is 0. The second-order valence-corrected chi connectivity index (χ2v) is 2.19. The Labute approximate surface area is 49.2 Å². The Morgan fingerprint density at radius 1 is 1.75 bits per heavy atom. The smallest absolute Gasteiger partial charge is 0.105 e. The fourth-order valence-electron chi connectivity index (χ4n) is 0.793. The van der Waals surface area contributed by atoms with Crippen LogP contribution in [0.1, 0.15) is 12.8 Å². The lowest BCUT2D eigenvalue weighted by atomic mass is 10.1. The van der Waals surface area contributed by atoms with Crippen LogP contribution in [0.5, 0.6) is 0 Å². The first-order chi connectivity index (χ1) is 3.79. The third-order valence-corrected chi connectivity index (χ3v) is 1.36. The van der Waals surface area contributed by atoms with Gasteiger partial charge in [-0.25, -0.2) is 0 Å². The molecule has 0 amide bonds. The van der Waals surface area contributed by atoms with Crippen LogP contribution in [0.2, 0.25) is 0 Å². The standard InChI is InChI=1S/C6H11NO/c1-5-2-3-6(8)7-4-5/h6-8H,1-4H2. The van der Waals surface area contributed by atoms with Gasteiger partial charge < -0.3 is 5.11 Å². The molecule has 0 radical (unpaired) electrons. The third kappa shape index (κ3) is 1.32. The predicted molar refractivity (Wildman–Crippen MR) is 32.4 cm³/mol. The molecule has 1 aliphatic rings. The summed E-state index contributed by atoms with van der Waals surface area (Å²) in [5, 5.41) is 11.8. The second kappa shape index (κ2) is 2.29. The Morgan fingerprint density at radius 2 is 2.50 bits per heavy atom. The summed E-state index contributed by atoms with van der Waals surface area (Å²) in [7, 11) is 0. The maximum atomic E-state index is 8.87. The Balaban J connectivity index is 2.29. The molecule has 0 aromatic heterocycles. The quantitative estimate of drug-likeness (QED) is 0.441. The molecule has 1 saturated heterocycles. The van der Waals surface area contributed by atoms with E-state index in [0.29, 0.717) is 0 Å². The topological polar surface area (TPSA) is 32.3 Å². The van der Waals surface area contributed by atoms with Crippen molar-refractivity contribution < 1.29 is 5.11 Å². The van der Waals surface area contributed by atoms with Crippen LogP contribution in [0.4, 0.5) is 0 Å². The Kier molecular flexibility index (Phi) is 1.65. The van der Waals surface area contributed by atoms with Crippen LogP contribution >= 0.6 is 0 Å². The zero-order valence-corrected chi connectivity index (χ0v) is 4.85. The van der Waals surface area contributed by atoms with E-state index in [4.69, 9.17) is 5.11 Å². The zero-order chi connectivity index (χ0) is 5.98. The van der Waals surface area contributed by atoms with E-state index in [0.717, 1.165) is 19.4 Å². The molecule has 0 saturated carbocycles. The van der Waals surface area contributed by atoms with E-state index in [2.05, 4.69) is 11.9 Å². The minimum absolute atomic E-state index is 0.291. The first-order valence-corrected chi connectivity index (χ1v) is 2.87. The maximum absolute atomic E-state index is 8.87. The second-order valence-electron chi connectivity index (χ2n) is 2.19. The van der Waals surface area contributed by atoms with Crippen molar-refractivity contribution in [2.45, 2.75) is 19.1 Å². The van der Waals surface area contributed by atoms with Crippen LogP contribution in [0.15, 0.2) is 12.2 Å². The number of aliphatic hydroxyl groups is 1. The van der Waals surface area contributed by atoms with E-state index in [1.54, 1.807) is 0 Å². The Hall–Kier alpha value is -0.340. The van der Waals surface area contributed by atoms with Crippen molar-refractivity contribution in [3.8, 4) is 0 Å². The summed E-state index contributed by atoms with van der Waals surface area (Å²) >= 11 is 0. The fraction of sp³-hybridized carbons (Fsp3) is 0.667. The van der Waals surface area contributed by atoms with Gasteiger partial charge in [0, 0.05) is 6.54 Å². The van der Waals surface area contributed by atoms with E-state index < -0.39 is 0 Å². The SMILES string of the molecule is C=C1CCC(O)NC1. The summed E-state index contributed by atoms with van der Waals surface area (Å²) in [6, 6.07) is 0. The Bertz CT molecular complexity index is 90.7. The molecule has 2 nitrogen and oxygen atoms in total. The van der Waals surface area contributed by atoms with Crippen LogP contribution in [0.25, 0.3) is 0 Å². The molecule has 0 aromatic carbocycles. The first kappa shape index (κ1) is 5.79. The van der Waals surface area contributed by atoms with Crippen molar-refractivity contribution in [3.63, 3.8) is 0 Å². The molecule has 1 aliphatic heterocycles. The number of hydrogen-bond donors (Lipinski definition) is 2. The van der Waals surface area contributed by atoms with Gasteiger partial charge >= 0.3 is 0 Å². The maximum Gasteiger partial charge on any atom is 0.105 e. The highest BCUT2D eigenvalue weighted by atomic mass is 16.3. The number of piperidine rings is 1. The fourth-order valence-corrected chi connectivity index (χ4v) is 0.793. The highest BCUT2D eigenvalue weighted by Gasteiger charge is 2.09. The van der Waals surface area contributed by atoms with E-state index >= 15 is 0 Å². The van der Waals surface area contributed by atoms with Gasteiger partial charge in [-0.1, -0.05) is 12.2 Å². The average molecular weight is 113 g/mol. The lowest BCUT2D eigenvalue weighted by molar-refractivity contribution is 0.120. The van der Waals surface area contributed by atoms with Crippen LogP contribution in [0.3, 0.4) is 0 Å². The number of aliphatic hydroxyl groups excluding tert-OH is 1. The molecule has 2 N–H and O–H groups in total. The lowest BCUT2D eigenvalue weighted by Gasteiger charge is -2.19. The van der Waals surface area contributed by atoms with E-state index in [9.17, 15) is 0 Å². The number of hydrogen-bond acceptors (Lipinski definition) is 2. The number of nitrogens with one attached hydrogen (secondary N) is 1. The Morgan fingerprint density at radius 3 is 2.88 bits per heavy atom. The van der Waals surface area contributed by atoms with Crippen LogP contribution in [-0.2, 0) is 0 Å². The van der Waals surface area contributed by atoms with Gasteiger partial charge in [0.05, 0.1) is 0 Å². The van der Waals surface area contributed by atoms with Gasteiger partial charge in [-0.05, 0) is 12.8 Å². The van der Waals surface area contributed by atoms with Crippen LogP contribution in [-0.4, -0.2) is 17.9 Å². The van der Waals surface area contributed by atoms with E-state index in [1.165, 1.54) is 5.57 Å². The van der Waals surface area contributed by atoms with Crippen molar-refractivity contribution in [1.82, 2.24) is 5.32 Å². The van der Waals surface area contributed by atoms with Crippen molar-refractivity contribution in [3.05, 3.63) is 12.2 Å². The monoisotopic (exact) mass is 113 g/mol. The van der Waals surface area contributed by atoms with Gasteiger partial charge in [0.2, 0.25) is 0 Å². The predicted octanol–water partition coefficient (Wildman–Crippen LogP) is 0.244. The zero-order valence-electron chi connectivity index (χ0n) is 4.85. The minimum Gasteiger partial charge on any atom is -0.379 e. The molecule has 1 fully saturated rings. The van der Waals surface area contributed by atoms with Gasteiger partial charge in [0.1, 0.15) is 6.23 Å². The molecule has 0 aliphatic carbocycles. The molecule has 0 aromatic rings. The lowest BCUT2D eigenvalue weighted by Crippen LogP contribution is -2.34. The van der Waals surface area contributed by atoms with Crippen LogP contribution in [0, 0.1) is 0 Å². The highest BCUT2D eigenvalue weighted by molar-refractivity contribution is 4.99. The van der Waals surface area contributed by atoms with Crippen LogP contribution < -0.4 is 5.32 Å². The number of rotatable bonds is 0. The summed E-state index contributed by atoms with van der Waals surface area (Å²) in [6.07, 6.45) is 1.49. The first-order valence-electron chi connectivity index (χ1n) is 2.87. The van der Waals surface area contributed by atoms with Crippen molar-refractivity contribution in [2.24, 2.45) is 0 Å². The summed E-state index contributed by atoms with van der Waals surface area (Å²) in [5.41, 5.74) is 1.19. The summed E-state index contributed by atoms with van der Waals surface area (Å²) in [4.78, 5) is 0. The van der Waals surface area contributed by atoms with E-state index in [-0.39, 0.29) is 6.23 Å². The van der Waals surface area contributed by atoms with Gasteiger partial charge in [0.25, 0.3) is 0 Å². The molecule has 2 heteroatoms. The average Bonchev–Trinajstić information content (AvgIpc) is 1.77. The van der Waals surface area contributed by atoms with Crippen molar-refractivity contribution in [1.29, 1.82) is 0 Å². The van der Waals surface area contributed by atoms with Gasteiger partial charge in [-0.3, -0.25) is 5.32 Å². The van der Waals surface area contributed by atoms with Crippen molar-refractivity contribution in [2.75, 3.05) is 6.54 Å². The van der Waals surface area contributed by atoms with Gasteiger partial charge in [0.15, 0.2) is 0 Å². The van der Waals surface area contributed by atoms with Gasteiger partial charge in [-0.2, -0.15) is 0 Å². The molecule has 0 spiro atoms. The van der Waals surface area contributed by atoms with E-state index in [1.807, 2.05) is 0 Å². The molecule has 1 unspecified atom stereocenters. The molecular formula is C6H11NO. The molecule has 8 heavy (non-hydrogen) atoms. The summed E-state index contributed by atoms with van der Waals surface area (Å²) in [6.45, 7) is 4.55. The normalized spacial score (nSPS) is 30.6. The summed E-state index contributed by atoms with van der Waals surface area (Å²) < 4.78 is 0. The molecule has 0 bridgehead atoms. The largest absolute Gasteiger partial charge is 0.379 e. The van der Waals surface area contributed by atoms with Gasteiger partial charge in [-0.15, -0.1) is 0 Å². The van der Waals surface area contributed by atoms with Crippen molar-refractivity contribution >= 4 is 0 Å². The minimum atomic E-state index is -0.291. The highest BCUT2D eigenvalue weighted by Crippen LogP contribution is 2.08.